The Morgan fingerprint density at radius 1 is 0.895 bits per heavy atom. The van der Waals surface area contributed by atoms with E-state index in [1.54, 1.807) is 32.6 Å². The van der Waals surface area contributed by atoms with E-state index in [4.69, 9.17) is 4.74 Å². The first-order valence-corrected chi connectivity index (χ1v) is 13.8. The molecule has 208 valence electrons. The lowest BCUT2D eigenvalue weighted by molar-refractivity contribution is -0.142. The summed E-state index contributed by atoms with van der Waals surface area (Å²) in [5, 5.41) is 5.68. The molecule has 2 rings (SSSR count). The number of amides is 3. The fraction of sp³-hybridized carbons (Fsp3) is 0.516. The van der Waals surface area contributed by atoms with E-state index in [1.807, 2.05) is 54.6 Å². The standard InChI is InChI=1S/C31H45N3O4/c1-7-9-10-14-21-34(29(36)23(3)33-30(37)38-31(4,5)6)27(26-19-17-24(8-2)18-20-26)28(35)32-22-25-15-12-11-13-16-25/h11-13,15-20,23,27H,7-10,14,21-22H2,1-6H3,(H,32,35)(H,33,37). The number of nitrogens with zero attached hydrogens (tertiary/aromatic N) is 1. The summed E-state index contributed by atoms with van der Waals surface area (Å²) in [7, 11) is 0. The van der Waals surface area contributed by atoms with Crippen molar-refractivity contribution in [2.75, 3.05) is 6.54 Å². The normalized spacial score (nSPS) is 12.8. The second kappa shape index (κ2) is 15.2. The molecule has 7 heteroatoms. The Bertz CT molecular complexity index is 1020. The van der Waals surface area contributed by atoms with Crippen LogP contribution in [0.5, 0.6) is 0 Å². The molecule has 0 heterocycles. The molecule has 3 amide bonds. The van der Waals surface area contributed by atoms with Gasteiger partial charge in [-0.2, -0.15) is 0 Å². The van der Waals surface area contributed by atoms with Crippen molar-refractivity contribution in [2.45, 2.75) is 97.9 Å². The van der Waals surface area contributed by atoms with Crippen LogP contribution in [0.4, 0.5) is 4.79 Å². The summed E-state index contributed by atoms with van der Waals surface area (Å²) in [6.07, 6.45) is 4.02. The molecule has 7 nitrogen and oxygen atoms in total. The van der Waals surface area contributed by atoms with Gasteiger partial charge in [0.15, 0.2) is 0 Å². The van der Waals surface area contributed by atoms with Crippen LogP contribution in [0, 0.1) is 0 Å². The first kappa shape index (κ1) is 30.9. The average Bonchev–Trinajstić information content (AvgIpc) is 2.88. The number of aryl methyl sites for hydroxylation is 1. The number of benzene rings is 2. The number of carbonyl (C=O) groups excluding carboxylic acids is 3. The largest absolute Gasteiger partial charge is 0.444 e. The van der Waals surface area contributed by atoms with Gasteiger partial charge < -0.3 is 20.3 Å². The average molecular weight is 524 g/mol. The lowest BCUT2D eigenvalue weighted by Crippen LogP contribution is -2.52. The molecule has 2 unspecified atom stereocenters. The van der Waals surface area contributed by atoms with Crippen LogP contribution in [-0.2, 0) is 27.3 Å². The molecule has 0 aromatic heterocycles. The third-order valence-electron chi connectivity index (χ3n) is 6.21. The minimum atomic E-state index is -0.865. The Morgan fingerprint density at radius 2 is 1.55 bits per heavy atom. The number of hydrogen-bond donors (Lipinski definition) is 2. The van der Waals surface area contributed by atoms with E-state index >= 15 is 0 Å². The zero-order chi connectivity index (χ0) is 28.1. The number of nitrogens with one attached hydrogen (secondary N) is 2. The fourth-order valence-electron chi connectivity index (χ4n) is 4.16. The molecule has 2 aromatic carbocycles. The van der Waals surface area contributed by atoms with E-state index in [0.717, 1.165) is 48.8 Å². The number of ether oxygens (including phenoxy) is 1. The van der Waals surface area contributed by atoms with E-state index in [-0.39, 0.29) is 11.8 Å². The quantitative estimate of drug-likeness (QED) is 0.319. The van der Waals surface area contributed by atoms with Gasteiger partial charge in [-0.05, 0) is 57.2 Å². The SMILES string of the molecule is CCCCCCN(C(=O)C(C)NC(=O)OC(C)(C)C)C(C(=O)NCc1ccccc1)c1ccc(CC)cc1. The van der Waals surface area contributed by atoms with Gasteiger partial charge in [0.2, 0.25) is 11.8 Å². The van der Waals surface area contributed by atoms with Gasteiger partial charge in [-0.1, -0.05) is 87.7 Å². The van der Waals surface area contributed by atoms with Crippen molar-refractivity contribution in [2.24, 2.45) is 0 Å². The molecule has 0 aliphatic heterocycles. The van der Waals surface area contributed by atoms with E-state index in [1.165, 1.54) is 0 Å². The lowest BCUT2D eigenvalue weighted by Gasteiger charge is -2.34. The van der Waals surface area contributed by atoms with Crippen molar-refractivity contribution >= 4 is 17.9 Å². The molecular formula is C31H45N3O4. The summed E-state index contributed by atoms with van der Waals surface area (Å²) >= 11 is 0. The Kier molecular flexibility index (Phi) is 12.3. The van der Waals surface area contributed by atoms with Gasteiger partial charge in [0.25, 0.3) is 0 Å². The van der Waals surface area contributed by atoms with E-state index in [9.17, 15) is 14.4 Å². The molecule has 0 spiro atoms. The Labute approximate surface area is 228 Å². The summed E-state index contributed by atoms with van der Waals surface area (Å²) in [6.45, 7) is 11.9. The predicted molar refractivity (Wildman–Crippen MR) is 152 cm³/mol. The van der Waals surface area contributed by atoms with Gasteiger partial charge in [-0.15, -0.1) is 0 Å². The molecule has 2 aromatic rings. The zero-order valence-electron chi connectivity index (χ0n) is 23.9. The molecule has 0 aliphatic rings. The third kappa shape index (κ3) is 10.2. The topological polar surface area (TPSA) is 87.7 Å². The van der Waals surface area contributed by atoms with Crippen molar-refractivity contribution in [1.29, 1.82) is 0 Å². The number of unbranched alkanes of at least 4 members (excludes halogenated alkanes) is 3. The van der Waals surface area contributed by atoms with Crippen LogP contribution in [0.3, 0.4) is 0 Å². The first-order chi connectivity index (χ1) is 18.1. The number of carbonyl (C=O) groups is 3. The number of rotatable bonds is 13. The second-order valence-electron chi connectivity index (χ2n) is 10.7. The molecule has 0 saturated heterocycles. The van der Waals surface area contributed by atoms with Crippen LogP contribution >= 0.6 is 0 Å². The van der Waals surface area contributed by atoms with Crippen molar-refractivity contribution < 1.29 is 19.1 Å². The maximum atomic E-state index is 13.8. The molecule has 38 heavy (non-hydrogen) atoms. The van der Waals surface area contributed by atoms with Crippen LogP contribution < -0.4 is 10.6 Å². The highest BCUT2D eigenvalue weighted by molar-refractivity contribution is 5.92. The second-order valence-corrected chi connectivity index (χ2v) is 10.7. The molecule has 0 aliphatic carbocycles. The Balaban J connectivity index is 2.36. The van der Waals surface area contributed by atoms with Crippen LogP contribution in [-0.4, -0.2) is 41.0 Å². The molecular weight excluding hydrogens is 478 g/mol. The van der Waals surface area contributed by atoms with Gasteiger partial charge in [-0.3, -0.25) is 9.59 Å². The number of alkyl carbamates (subject to hydrolysis) is 1. The van der Waals surface area contributed by atoms with Gasteiger partial charge in [-0.25, -0.2) is 4.79 Å². The number of hydrogen-bond acceptors (Lipinski definition) is 4. The smallest absolute Gasteiger partial charge is 0.408 e. The van der Waals surface area contributed by atoms with E-state index in [2.05, 4.69) is 24.5 Å². The molecule has 0 radical (unpaired) electrons. The van der Waals surface area contributed by atoms with Crippen molar-refractivity contribution in [1.82, 2.24) is 15.5 Å². The summed E-state index contributed by atoms with van der Waals surface area (Å²) in [4.78, 5) is 41.5. The monoisotopic (exact) mass is 523 g/mol. The van der Waals surface area contributed by atoms with Crippen LogP contribution in [0.2, 0.25) is 0 Å². The minimum Gasteiger partial charge on any atom is -0.444 e. The maximum Gasteiger partial charge on any atom is 0.408 e. The summed E-state index contributed by atoms with van der Waals surface area (Å²) < 4.78 is 5.36. The first-order valence-electron chi connectivity index (χ1n) is 13.8. The predicted octanol–water partition coefficient (Wildman–Crippen LogP) is 5.93. The van der Waals surface area contributed by atoms with E-state index in [0.29, 0.717) is 13.1 Å². The molecule has 0 fully saturated rings. The van der Waals surface area contributed by atoms with E-state index < -0.39 is 23.8 Å². The van der Waals surface area contributed by atoms with Crippen molar-refractivity contribution in [3.63, 3.8) is 0 Å². The maximum absolute atomic E-state index is 13.8. The fourth-order valence-corrected chi connectivity index (χ4v) is 4.16. The summed E-state index contributed by atoms with van der Waals surface area (Å²) in [5.74, 6) is -0.585. The van der Waals surface area contributed by atoms with Gasteiger partial charge in [0.1, 0.15) is 17.7 Å². The van der Waals surface area contributed by atoms with Gasteiger partial charge in [0, 0.05) is 13.1 Å². The highest BCUT2D eigenvalue weighted by Crippen LogP contribution is 2.24. The minimum absolute atomic E-state index is 0.258. The van der Waals surface area contributed by atoms with Crippen molar-refractivity contribution in [3.05, 3.63) is 71.3 Å². The Hall–Kier alpha value is -3.35. The summed E-state index contributed by atoms with van der Waals surface area (Å²) in [6, 6.07) is 15.8. The molecule has 2 atom stereocenters. The Morgan fingerprint density at radius 3 is 2.13 bits per heavy atom. The van der Waals surface area contributed by atoms with Crippen LogP contribution in [0.1, 0.15) is 90.0 Å². The zero-order valence-corrected chi connectivity index (χ0v) is 23.9. The van der Waals surface area contributed by atoms with Crippen LogP contribution in [0.15, 0.2) is 54.6 Å². The van der Waals surface area contributed by atoms with Crippen molar-refractivity contribution in [3.8, 4) is 0 Å². The summed E-state index contributed by atoms with van der Waals surface area (Å²) in [5.41, 5.74) is 2.17. The molecule has 0 saturated carbocycles. The third-order valence-corrected chi connectivity index (χ3v) is 6.21. The van der Waals surface area contributed by atoms with Gasteiger partial charge >= 0.3 is 6.09 Å². The lowest BCUT2D eigenvalue weighted by atomic mass is 10.00. The van der Waals surface area contributed by atoms with Gasteiger partial charge in [0.05, 0.1) is 0 Å². The molecule has 2 N–H and O–H groups in total. The van der Waals surface area contributed by atoms with Crippen LogP contribution in [0.25, 0.3) is 0 Å². The highest BCUT2D eigenvalue weighted by Gasteiger charge is 2.34. The molecule has 0 bridgehead atoms. The highest BCUT2D eigenvalue weighted by atomic mass is 16.6.